The number of hydrogen-bond acceptors (Lipinski definition) is 6. The Labute approximate surface area is 196 Å². The molecule has 2 aromatic heterocycles. The molecule has 3 aromatic carbocycles. The molecule has 5 rings (SSSR count). The van der Waals surface area contributed by atoms with Gasteiger partial charge in [0.1, 0.15) is 0 Å². The zero-order valence-electron chi connectivity index (χ0n) is 18.3. The average Bonchev–Trinajstić information content (AvgIpc) is 2.88. The molecular formula is C27H22N6O. The monoisotopic (exact) mass is 446 g/mol. The van der Waals surface area contributed by atoms with E-state index in [2.05, 4.69) is 10.3 Å². The molecule has 0 bridgehead atoms. The maximum Gasteiger partial charge on any atom is 0.276 e. The number of amides is 1. The Morgan fingerprint density at radius 1 is 0.853 bits per heavy atom. The molecule has 34 heavy (non-hydrogen) atoms. The highest BCUT2D eigenvalue weighted by Gasteiger charge is 2.17. The molecule has 1 amide bonds. The van der Waals surface area contributed by atoms with E-state index in [0.29, 0.717) is 23.6 Å². The number of benzene rings is 3. The fourth-order valence-electron chi connectivity index (χ4n) is 3.82. The number of hydrogen-bond donors (Lipinski definition) is 3. The highest BCUT2D eigenvalue weighted by atomic mass is 16.1. The number of carbonyl (C=O) groups excluding carboxylic acids is 1. The quantitative estimate of drug-likeness (QED) is 0.361. The zero-order chi connectivity index (χ0) is 23.5. The Bertz CT molecular complexity index is 1500. The summed E-state index contributed by atoms with van der Waals surface area (Å²) >= 11 is 0. The van der Waals surface area contributed by atoms with Crippen LogP contribution >= 0.6 is 0 Å². The second-order valence-electron chi connectivity index (χ2n) is 7.76. The van der Waals surface area contributed by atoms with Gasteiger partial charge in [-0.15, -0.1) is 0 Å². The lowest BCUT2D eigenvalue weighted by molar-refractivity contribution is 0.102. The molecule has 7 nitrogen and oxygen atoms in total. The summed E-state index contributed by atoms with van der Waals surface area (Å²) in [5, 5.41) is 3.79. The smallest absolute Gasteiger partial charge is 0.276 e. The first-order valence-corrected chi connectivity index (χ1v) is 10.8. The van der Waals surface area contributed by atoms with E-state index < -0.39 is 5.91 Å². The molecule has 166 valence electrons. The standard InChI is InChI=1S/C27H22N6O/c28-15-18-10-4-6-12-22(18)32-27(34)25-21(29)14-19(16-30-25)26-31-23-13-7-5-11-20(23)24(33-26)17-8-2-1-3-9-17/h1-14,16H,15,28-29H2,(H,32,34). The van der Waals surface area contributed by atoms with Gasteiger partial charge in [0.15, 0.2) is 11.5 Å². The van der Waals surface area contributed by atoms with Crippen LogP contribution in [0, 0.1) is 0 Å². The molecule has 5 N–H and O–H groups in total. The van der Waals surface area contributed by atoms with Crippen LogP contribution in [0.2, 0.25) is 0 Å². The van der Waals surface area contributed by atoms with Gasteiger partial charge in [0.2, 0.25) is 0 Å². The maximum atomic E-state index is 12.8. The molecule has 0 aliphatic carbocycles. The first kappa shape index (κ1) is 21.2. The van der Waals surface area contributed by atoms with Gasteiger partial charge in [-0.2, -0.15) is 0 Å². The van der Waals surface area contributed by atoms with E-state index in [1.165, 1.54) is 0 Å². The highest BCUT2D eigenvalue weighted by Crippen LogP contribution is 2.29. The van der Waals surface area contributed by atoms with Gasteiger partial charge < -0.3 is 16.8 Å². The molecular weight excluding hydrogens is 424 g/mol. The number of nitrogens with two attached hydrogens (primary N) is 2. The average molecular weight is 447 g/mol. The Morgan fingerprint density at radius 3 is 2.38 bits per heavy atom. The van der Waals surface area contributed by atoms with Crippen LogP contribution in [-0.4, -0.2) is 20.9 Å². The van der Waals surface area contributed by atoms with Gasteiger partial charge in [0.05, 0.1) is 16.9 Å². The van der Waals surface area contributed by atoms with Crippen molar-refractivity contribution in [3.05, 3.63) is 102 Å². The third kappa shape index (κ3) is 4.07. The molecule has 0 aliphatic heterocycles. The van der Waals surface area contributed by atoms with Gasteiger partial charge >= 0.3 is 0 Å². The van der Waals surface area contributed by atoms with Crippen LogP contribution in [0.3, 0.4) is 0 Å². The van der Waals surface area contributed by atoms with E-state index in [-0.39, 0.29) is 11.4 Å². The largest absolute Gasteiger partial charge is 0.397 e. The van der Waals surface area contributed by atoms with E-state index >= 15 is 0 Å². The number of anilines is 2. The van der Waals surface area contributed by atoms with Crippen LogP contribution in [0.4, 0.5) is 11.4 Å². The van der Waals surface area contributed by atoms with E-state index in [4.69, 9.17) is 21.4 Å². The minimum Gasteiger partial charge on any atom is -0.397 e. The molecule has 0 radical (unpaired) electrons. The summed E-state index contributed by atoms with van der Waals surface area (Å²) in [6.07, 6.45) is 1.57. The highest BCUT2D eigenvalue weighted by molar-refractivity contribution is 6.07. The summed E-state index contributed by atoms with van der Waals surface area (Å²) in [4.78, 5) is 26.7. The molecule has 0 aliphatic rings. The third-order valence-electron chi connectivity index (χ3n) is 5.53. The summed E-state index contributed by atoms with van der Waals surface area (Å²) in [5.74, 6) is 0.0755. The minimum absolute atomic E-state index is 0.125. The van der Waals surface area contributed by atoms with Crippen molar-refractivity contribution in [2.45, 2.75) is 6.54 Å². The maximum absolute atomic E-state index is 12.8. The number of aromatic nitrogens is 3. The van der Waals surface area contributed by atoms with Crippen LogP contribution in [0.15, 0.2) is 91.1 Å². The summed E-state index contributed by atoms with van der Waals surface area (Å²) in [6.45, 7) is 0.307. The van der Waals surface area contributed by atoms with Gasteiger partial charge in [-0.05, 0) is 23.8 Å². The van der Waals surface area contributed by atoms with Crippen molar-refractivity contribution in [1.29, 1.82) is 0 Å². The van der Waals surface area contributed by atoms with Crippen molar-refractivity contribution >= 4 is 28.2 Å². The summed E-state index contributed by atoms with van der Waals surface area (Å²) in [5.41, 5.74) is 17.1. The van der Waals surface area contributed by atoms with E-state index in [9.17, 15) is 4.79 Å². The van der Waals surface area contributed by atoms with Gasteiger partial charge in [-0.1, -0.05) is 66.7 Å². The van der Waals surface area contributed by atoms with E-state index in [1.54, 1.807) is 18.3 Å². The van der Waals surface area contributed by atoms with Crippen LogP contribution in [0.5, 0.6) is 0 Å². The number of nitrogens with zero attached hydrogens (tertiary/aromatic N) is 3. The first-order valence-electron chi connectivity index (χ1n) is 10.8. The molecule has 2 heterocycles. The predicted molar refractivity (Wildman–Crippen MR) is 135 cm³/mol. The second kappa shape index (κ2) is 9.09. The van der Waals surface area contributed by atoms with Crippen LogP contribution in [-0.2, 0) is 6.54 Å². The SMILES string of the molecule is NCc1ccccc1NC(=O)c1ncc(-c2nc(-c3ccccc3)c3ccccc3n2)cc1N. The molecule has 5 aromatic rings. The Morgan fingerprint density at radius 2 is 1.59 bits per heavy atom. The molecule has 0 unspecified atom stereocenters. The number of nitrogen functional groups attached to an aromatic ring is 1. The fourth-order valence-corrected chi connectivity index (χ4v) is 3.82. The Balaban J connectivity index is 1.52. The van der Waals surface area contributed by atoms with Crippen LogP contribution in [0.1, 0.15) is 16.1 Å². The van der Waals surface area contributed by atoms with Crippen LogP contribution in [0.25, 0.3) is 33.5 Å². The number of pyridine rings is 1. The predicted octanol–water partition coefficient (Wildman–Crippen LogP) is 4.65. The van der Waals surface area contributed by atoms with Crippen molar-refractivity contribution < 1.29 is 4.79 Å². The summed E-state index contributed by atoms with van der Waals surface area (Å²) in [6, 6.07) is 26.8. The lowest BCUT2D eigenvalue weighted by Crippen LogP contribution is -2.17. The van der Waals surface area contributed by atoms with Gasteiger partial charge in [0, 0.05) is 34.9 Å². The Hall–Kier alpha value is -4.62. The number of carbonyl (C=O) groups is 1. The van der Waals surface area contributed by atoms with Crippen LogP contribution < -0.4 is 16.8 Å². The van der Waals surface area contributed by atoms with Crippen molar-refractivity contribution in [1.82, 2.24) is 15.0 Å². The molecule has 0 fully saturated rings. The van der Waals surface area contributed by atoms with Crippen molar-refractivity contribution in [2.24, 2.45) is 5.73 Å². The van der Waals surface area contributed by atoms with E-state index in [1.807, 2.05) is 72.8 Å². The van der Waals surface area contributed by atoms with Gasteiger partial charge in [-0.3, -0.25) is 4.79 Å². The minimum atomic E-state index is -0.408. The first-order chi connectivity index (χ1) is 16.6. The topological polar surface area (TPSA) is 120 Å². The zero-order valence-corrected chi connectivity index (χ0v) is 18.3. The van der Waals surface area contributed by atoms with Gasteiger partial charge in [0.25, 0.3) is 5.91 Å². The second-order valence-corrected chi connectivity index (χ2v) is 7.76. The summed E-state index contributed by atoms with van der Waals surface area (Å²) < 4.78 is 0. The molecule has 7 heteroatoms. The number of rotatable bonds is 5. The third-order valence-corrected chi connectivity index (χ3v) is 5.53. The van der Waals surface area contributed by atoms with Crippen molar-refractivity contribution in [3.8, 4) is 22.6 Å². The number of para-hydroxylation sites is 2. The number of fused-ring (bicyclic) bond motifs is 1. The fraction of sp³-hybridized carbons (Fsp3) is 0.0370. The number of nitrogens with one attached hydrogen (secondary N) is 1. The molecule has 0 spiro atoms. The van der Waals surface area contributed by atoms with Crippen molar-refractivity contribution in [2.75, 3.05) is 11.1 Å². The molecule has 0 saturated heterocycles. The molecule has 0 atom stereocenters. The van der Waals surface area contributed by atoms with Gasteiger partial charge in [-0.25, -0.2) is 15.0 Å². The lowest BCUT2D eigenvalue weighted by atomic mass is 10.1. The Kier molecular flexibility index (Phi) is 5.68. The van der Waals surface area contributed by atoms with E-state index in [0.717, 1.165) is 27.7 Å². The summed E-state index contributed by atoms with van der Waals surface area (Å²) in [7, 11) is 0. The normalized spacial score (nSPS) is 10.9. The van der Waals surface area contributed by atoms with Crippen molar-refractivity contribution in [3.63, 3.8) is 0 Å². The molecule has 0 saturated carbocycles. The lowest BCUT2D eigenvalue weighted by Gasteiger charge is -2.12.